The maximum Gasteiger partial charge on any atom is 0.320 e. The monoisotopic (exact) mass is 464 g/mol. The van der Waals surface area contributed by atoms with E-state index < -0.39 is 12.0 Å². The number of nitrogens with one attached hydrogen (secondary N) is 2. The third-order valence-electron chi connectivity index (χ3n) is 7.06. The molecule has 2 aliphatic rings. The summed E-state index contributed by atoms with van der Waals surface area (Å²) in [5.41, 5.74) is 4.37. The number of H-pyrrole nitrogens is 1. The lowest BCUT2D eigenvalue weighted by Crippen LogP contribution is -2.36. The standard InChI is InChI=1S/C26H32N4O4/c1-16-10-20(14-28-25(16)31)24-29-21-12-19(13-27-22(26(32)33)11-17-2-3-17)4-5-23(21)30(24)15-18-6-8-34-9-7-18/h4-5,10,12,14,17-18,22,27H,2-3,6-9,11,13,15H2,1H3,(H,28,31)(H,32,33)/t22-/m0/s1. The lowest BCUT2D eigenvalue weighted by molar-refractivity contribution is -0.139. The number of aryl methyl sites for hydroxylation is 1. The number of rotatable bonds is 9. The van der Waals surface area contributed by atoms with Crippen molar-refractivity contribution in [1.82, 2.24) is 19.9 Å². The minimum Gasteiger partial charge on any atom is -0.480 e. The predicted molar refractivity (Wildman–Crippen MR) is 130 cm³/mol. The van der Waals surface area contributed by atoms with Gasteiger partial charge >= 0.3 is 5.97 Å². The molecule has 1 aromatic carbocycles. The second-order valence-electron chi connectivity index (χ2n) is 9.78. The largest absolute Gasteiger partial charge is 0.480 e. The number of nitrogens with zero attached hydrogens (tertiary/aromatic N) is 2. The Kier molecular flexibility index (Phi) is 6.52. The Morgan fingerprint density at radius 2 is 2.03 bits per heavy atom. The Bertz CT molecular complexity index is 1240. The second-order valence-corrected chi connectivity index (χ2v) is 9.78. The summed E-state index contributed by atoms with van der Waals surface area (Å²) in [7, 11) is 0. The second kappa shape index (κ2) is 9.72. The Labute approximate surface area is 198 Å². The van der Waals surface area contributed by atoms with Gasteiger partial charge in [0, 0.05) is 43.6 Å². The maximum atomic E-state index is 11.9. The number of hydrogen-bond donors (Lipinski definition) is 3. The number of aliphatic carboxylic acids is 1. The molecule has 180 valence electrons. The van der Waals surface area contributed by atoms with Crippen LogP contribution in [-0.4, -0.2) is 44.9 Å². The topological polar surface area (TPSA) is 109 Å². The maximum absolute atomic E-state index is 11.9. The number of hydrogen-bond acceptors (Lipinski definition) is 5. The predicted octanol–water partition coefficient (Wildman–Crippen LogP) is 3.47. The van der Waals surface area contributed by atoms with Crippen LogP contribution in [0.25, 0.3) is 22.4 Å². The fourth-order valence-corrected chi connectivity index (χ4v) is 4.80. The molecule has 3 aromatic rings. The molecule has 0 spiro atoms. The summed E-state index contributed by atoms with van der Waals surface area (Å²) in [6, 6.07) is 7.54. The molecular formula is C26H32N4O4. The zero-order chi connectivity index (χ0) is 23.7. The summed E-state index contributed by atoms with van der Waals surface area (Å²) in [5, 5.41) is 12.8. The van der Waals surface area contributed by atoms with Gasteiger partial charge in [-0.15, -0.1) is 0 Å². The number of aromatic nitrogens is 3. The van der Waals surface area contributed by atoms with Crippen molar-refractivity contribution >= 4 is 17.0 Å². The third kappa shape index (κ3) is 5.08. The first kappa shape index (κ1) is 22.8. The van der Waals surface area contributed by atoms with Crippen LogP contribution in [0.5, 0.6) is 0 Å². The molecule has 0 bridgehead atoms. The van der Waals surface area contributed by atoms with Crippen LogP contribution < -0.4 is 10.9 Å². The van der Waals surface area contributed by atoms with E-state index in [4.69, 9.17) is 9.72 Å². The molecule has 3 heterocycles. The van der Waals surface area contributed by atoms with Gasteiger partial charge in [-0.1, -0.05) is 18.9 Å². The first-order chi connectivity index (χ1) is 16.5. The molecular weight excluding hydrogens is 432 g/mol. The summed E-state index contributed by atoms with van der Waals surface area (Å²) >= 11 is 0. The van der Waals surface area contributed by atoms with Crippen LogP contribution >= 0.6 is 0 Å². The number of carboxylic acids is 1. The van der Waals surface area contributed by atoms with Crippen LogP contribution in [0.4, 0.5) is 0 Å². The number of pyridine rings is 1. The number of carboxylic acid groups (broad SMARTS) is 1. The van der Waals surface area contributed by atoms with Gasteiger partial charge in [-0.25, -0.2) is 4.98 Å². The van der Waals surface area contributed by atoms with Crippen molar-refractivity contribution in [3.8, 4) is 11.4 Å². The Morgan fingerprint density at radius 1 is 1.24 bits per heavy atom. The van der Waals surface area contributed by atoms with Crippen LogP contribution in [-0.2, 0) is 22.6 Å². The van der Waals surface area contributed by atoms with E-state index in [0.29, 0.717) is 30.4 Å². The van der Waals surface area contributed by atoms with Gasteiger partial charge in [0.2, 0.25) is 0 Å². The molecule has 5 rings (SSSR count). The molecule has 8 heteroatoms. The van der Waals surface area contributed by atoms with Crippen LogP contribution in [0.15, 0.2) is 35.3 Å². The van der Waals surface area contributed by atoms with E-state index in [2.05, 4.69) is 27.0 Å². The fourth-order valence-electron chi connectivity index (χ4n) is 4.80. The summed E-state index contributed by atoms with van der Waals surface area (Å²) in [6.07, 6.45) is 6.72. The minimum absolute atomic E-state index is 0.0941. The summed E-state index contributed by atoms with van der Waals surface area (Å²) in [4.78, 5) is 31.3. The smallest absolute Gasteiger partial charge is 0.320 e. The summed E-state index contributed by atoms with van der Waals surface area (Å²) in [5.74, 6) is 1.10. The number of carbonyl (C=O) groups is 1. The van der Waals surface area contributed by atoms with Crippen molar-refractivity contribution in [2.45, 2.75) is 58.2 Å². The van der Waals surface area contributed by atoms with Gasteiger partial charge in [0.25, 0.3) is 5.56 Å². The first-order valence-corrected chi connectivity index (χ1v) is 12.2. The molecule has 1 aliphatic carbocycles. The Balaban J connectivity index is 1.45. The van der Waals surface area contributed by atoms with Gasteiger partial charge in [-0.2, -0.15) is 0 Å². The van der Waals surface area contributed by atoms with Gasteiger partial charge < -0.3 is 24.7 Å². The zero-order valence-corrected chi connectivity index (χ0v) is 19.5. The quantitative estimate of drug-likeness (QED) is 0.447. The van der Waals surface area contributed by atoms with Gasteiger partial charge in [-0.05, 0) is 61.8 Å². The lowest BCUT2D eigenvalue weighted by Gasteiger charge is -2.23. The molecule has 1 atom stereocenters. The highest BCUT2D eigenvalue weighted by Crippen LogP contribution is 2.34. The van der Waals surface area contributed by atoms with Crippen molar-refractivity contribution in [1.29, 1.82) is 0 Å². The first-order valence-electron chi connectivity index (χ1n) is 12.2. The fraction of sp³-hybridized carbons (Fsp3) is 0.500. The average molecular weight is 465 g/mol. The molecule has 0 radical (unpaired) electrons. The normalized spacial score (nSPS) is 17.8. The Morgan fingerprint density at radius 3 is 2.74 bits per heavy atom. The van der Waals surface area contributed by atoms with Crippen molar-refractivity contribution in [2.75, 3.05) is 13.2 Å². The average Bonchev–Trinajstić information content (AvgIpc) is 3.59. The van der Waals surface area contributed by atoms with Crippen molar-refractivity contribution < 1.29 is 14.6 Å². The van der Waals surface area contributed by atoms with Crippen LogP contribution in [0.1, 0.15) is 43.2 Å². The molecule has 34 heavy (non-hydrogen) atoms. The number of benzene rings is 1. The van der Waals surface area contributed by atoms with Gasteiger partial charge in [0.1, 0.15) is 11.9 Å². The Hall–Kier alpha value is -2.97. The van der Waals surface area contributed by atoms with E-state index in [0.717, 1.165) is 73.4 Å². The molecule has 8 nitrogen and oxygen atoms in total. The zero-order valence-electron chi connectivity index (χ0n) is 19.5. The number of fused-ring (bicyclic) bond motifs is 1. The summed E-state index contributed by atoms with van der Waals surface area (Å²) < 4.78 is 7.80. The molecule has 3 N–H and O–H groups in total. The molecule has 2 fully saturated rings. The van der Waals surface area contributed by atoms with Gasteiger partial charge in [0.15, 0.2) is 0 Å². The van der Waals surface area contributed by atoms with E-state index in [-0.39, 0.29) is 5.56 Å². The van der Waals surface area contributed by atoms with Gasteiger partial charge in [0.05, 0.1) is 11.0 Å². The number of ether oxygens (including phenoxy) is 1. The highest BCUT2D eigenvalue weighted by atomic mass is 16.5. The molecule has 0 unspecified atom stereocenters. The van der Waals surface area contributed by atoms with Crippen molar-refractivity contribution in [3.63, 3.8) is 0 Å². The molecule has 1 saturated heterocycles. The highest BCUT2D eigenvalue weighted by Gasteiger charge is 2.29. The molecule has 1 saturated carbocycles. The number of imidazole rings is 1. The van der Waals surface area contributed by atoms with Crippen molar-refractivity contribution in [2.24, 2.45) is 11.8 Å². The molecule has 0 amide bonds. The lowest BCUT2D eigenvalue weighted by atomic mass is 10.00. The molecule has 2 aromatic heterocycles. The van der Waals surface area contributed by atoms with E-state index >= 15 is 0 Å². The van der Waals surface area contributed by atoms with E-state index in [1.165, 1.54) is 0 Å². The minimum atomic E-state index is -0.788. The van der Waals surface area contributed by atoms with E-state index in [9.17, 15) is 14.7 Å². The van der Waals surface area contributed by atoms with E-state index in [1.54, 1.807) is 13.1 Å². The SMILES string of the molecule is Cc1cc(-c2nc3cc(CN[C@@H](CC4CC4)C(=O)O)ccc3n2CC2CCOCC2)c[nH]c1=O. The molecule has 1 aliphatic heterocycles. The summed E-state index contributed by atoms with van der Waals surface area (Å²) in [6.45, 7) is 4.70. The van der Waals surface area contributed by atoms with Crippen LogP contribution in [0.2, 0.25) is 0 Å². The van der Waals surface area contributed by atoms with Crippen LogP contribution in [0.3, 0.4) is 0 Å². The van der Waals surface area contributed by atoms with Gasteiger partial charge in [-0.3, -0.25) is 9.59 Å². The van der Waals surface area contributed by atoms with Crippen LogP contribution in [0, 0.1) is 18.8 Å². The number of aromatic amines is 1. The van der Waals surface area contributed by atoms with Crippen molar-refractivity contribution in [3.05, 3.63) is 51.9 Å². The van der Waals surface area contributed by atoms with E-state index in [1.807, 2.05) is 12.1 Å². The highest BCUT2D eigenvalue weighted by molar-refractivity contribution is 5.81. The third-order valence-corrected chi connectivity index (χ3v) is 7.06.